The molecule has 1 aromatic carbocycles. The van der Waals surface area contributed by atoms with E-state index >= 15 is 0 Å². The SMILES string of the molecule is Cc1noc(-c2ccc(-c3ccc(C(=O)N4CCC[C@H]4C(N)=O)cc3)nc2)n1. The number of primary amides is 1. The van der Waals surface area contributed by atoms with Crippen LogP contribution in [0.4, 0.5) is 0 Å². The van der Waals surface area contributed by atoms with Crippen LogP contribution in [0.5, 0.6) is 0 Å². The lowest BCUT2D eigenvalue weighted by Gasteiger charge is -2.22. The monoisotopic (exact) mass is 377 g/mol. The van der Waals surface area contributed by atoms with Crippen molar-refractivity contribution in [2.24, 2.45) is 5.73 Å². The van der Waals surface area contributed by atoms with Crippen LogP contribution in [0.1, 0.15) is 29.0 Å². The van der Waals surface area contributed by atoms with Gasteiger partial charge in [0.25, 0.3) is 11.8 Å². The standard InChI is InChI=1S/C20H19N5O3/c1-12-23-19(28-24-12)15-8-9-16(22-11-15)13-4-6-14(7-5-13)20(27)25-10-2-3-17(25)18(21)26/h4-9,11,17H,2-3,10H2,1H3,(H2,21,26)/t17-/m0/s1. The molecule has 0 unspecified atom stereocenters. The summed E-state index contributed by atoms with van der Waals surface area (Å²) >= 11 is 0. The van der Waals surface area contributed by atoms with Gasteiger partial charge in [-0.1, -0.05) is 17.3 Å². The third-order valence-corrected chi connectivity index (χ3v) is 4.81. The van der Waals surface area contributed by atoms with E-state index in [0.29, 0.717) is 30.2 Å². The number of aromatic nitrogens is 3. The van der Waals surface area contributed by atoms with Crippen molar-refractivity contribution in [3.05, 3.63) is 54.0 Å². The minimum Gasteiger partial charge on any atom is -0.368 e. The molecule has 0 aliphatic carbocycles. The first kappa shape index (κ1) is 17.8. The molecule has 1 fully saturated rings. The van der Waals surface area contributed by atoms with Gasteiger partial charge >= 0.3 is 0 Å². The fourth-order valence-corrected chi connectivity index (χ4v) is 3.36. The molecule has 142 valence electrons. The molecule has 1 saturated heterocycles. The second kappa shape index (κ2) is 7.22. The number of benzene rings is 1. The van der Waals surface area contributed by atoms with E-state index in [-0.39, 0.29) is 5.91 Å². The van der Waals surface area contributed by atoms with E-state index in [1.165, 1.54) is 0 Å². The first-order valence-corrected chi connectivity index (χ1v) is 9.00. The van der Waals surface area contributed by atoms with Gasteiger partial charge in [0, 0.05) is 23.9 Å². The van der Waals surface area contributed by atoms with Crippen LogP contribution in [-0.4, -0.2) is 44.4 Å². The molecule has 28 heavy (non-hydrogen) atoms. The predicted octanol–water partition coefficient (Wildman–Crippen LogP) is 2.20. The van der Waals surface area contributed by atoms with Crippen molar-refractivity contribution in [2.75, 3.05) is 6.54 Å². The topological polar surface area (TPSA) is 115 Å². The number of nitrogens with two attached hydrogens (primary N) is 1. The van der Waals surface area contributed by atoms with Crippen molar-refractivity contribution in [1.29, 1.82) is 0 Å². The molecular weight excluding hydrogens is 358 g/mol. The van der Waals surface area contributed by atoms with E-state index in [4.69, 9.17) is 10.3 Å². The van der Waals surface area contributed by atoms with E-state index in [0.717, 1.165) is 23.2 Å². The minimum absolute atomic E-state index is 0.178. The van der Waals surface area contributed by atoms with Crippen molar-refractivity contribution < 1.29 is 14.1 Å². The van der Waals surface area contributed by atoms with Crippen LogP contribution in [0.3, 0.4) is 0 Å². The van der Waals surface area contributed by atoms with Crippen LogP contribution in [-0.2, 0) is 4.79 Å². The Kier molecular flexibility index (Phi) is 4.60. The zero-order chi connectivity index (χ0) is 19.7. The van der Waals surface area contributed by atoms with Gasteiger partial charge in [0.15, 0.2) is 5.82 Å². The van der Waals surface area contributed by atoms with Crippen LogP contribution in [0.25, 0.3) is 22.7 Å². The summed E-state index contributed by atoms with van der Waals surface area (Å²) in [6.45, 7) is 2.30. The molecule has 4 rings (SSSR count). The normalized spacial score (nSPS) is 16.3. The molecule has 1 aliphatic rings. The number of carbonyl (C=O) groups is 2. The predicted molar refractivity (Wildman–Crippen MR) is 101 cm³/mol. The van der Waals surface area contributed by atoms with Crippen molar-refractivity contribution in [2.45, 2.75) is 25.8 Å². The van der Waals surface area contributed by atoms with Crippen LogP contribution in [0.15, 0.2) is 47.1 Å². The van der Waals surface area contributed by atoms with Gasteiger partial charge in [0.2, 0.25) is 5.91 Å². The van der Waals surface area contributed by atoms with E-state index in [1.54, 1.807) is 30.2 Å². The quantitative estimate of drug-likeness (QED) is 0.745. The average Bonchev–Trinajstić information content (AvgIpc) is 3.37. The summed E-state index contributed by atoms with van der Waals surface area (Å²) in [5, 5.41) is 3.77. The zero-order valence-electron chi connectivity index (χ0n) is 15.3. The van der Waals surface area contributed by atoms with Crippen molar-refractivity contribution >= 4 is 11.8 Å². The first-order valence-electron chi connectivity index (χ1n) is 9.00. The molecule has 3 heterocycles. The number of nitrogens with zero attached hydrogens (tertiary/aromatic N) is 4. The Bertz CT molecular complexity index is 1010. The smallest absolute Gasteiger partial charge is 0.259 e. The van der Waals surface area contributed by atoms with Crippen molar-refractivity contribution in [3.8, 4) is 22.7 Å². The van der Waals surface area contributed by atoms with Crippen molar-refractivity contribution in [3.63, 3.8) is 0 Å². The maximum absolute atomic E-state index is 12.7. The third kappa shape index (κ3) is 3.36. The lowest BCUT2D eigenvalue weighted by atomic mass is 10.1. The van der Waals surface area contributed by atoms with Gasteiger partial charge in [0.1, 0.15) is 6.04 Å². The molecule has 3 aromatic rings. The van der Waals surface area contributed by atoms with Crippen LogP contribution in [0, 0.1) is 6.92 Å². The number of aryl methyl sites for hydroxylation is 1. The fourth-order valence-electron chi connectivity index (χ4n) is 3.36. The molecule has 8 heteroatoms. The second-order valence-electron chi connectivity index (χ2n) is 6.72. The third-order valence-electron chi connectivity index (χ3n) is 4.81. The summed E-state index contributed by atoms with van der Waals surface area (Å²) in [6, 6.07) is 10.3. The van der Waals surface area contributed by atoms with Crippen LogP contribution >= 0.6 is 0 Å². The largest absolute Gasteiger partial charge is 0.368 e. The van der Waals surface area contributed by atoms with Gasteiger partial charge in [-0.3, -0.25) is 14.6 Å². The highest BCUT2D eigenvalue weighted by Gasteiger charge is 2.33. The lowest BCUT2D eigenvalue weighted by molar-refractivity contribution is -0.121. The molecular formula is C20H19N5O3. The molecule has 0 saturated carbocycles. The Morgan fingerprint density at radius 2 is 1.89 bits per heavy atom. The maximum atomic E-state index is 12.7. The van der Waals surface area contributed by atoms with Gasteiger partial charge in [-0.2, -0.15) is 4.98 Å². The zero-order valence-corrected chi connectivity index (χ0v) is 15.3. The molecule has 2 amide bonds. The van der Waals surface area contributed by atoms with Gasteiger partial charge in [-0.15, -0.1) is 0 Å². The Hall–Kier alpha value is -3.55. The number of pyridine rings is 1. The number of carbonyl (C=O) groups excluding carboxylic acids is 2. The molecule has 0 radical (unpaired) electrons. The Labute approximate surface area is 161 Å². The summed E-state index contributed by atoms with van der Waals surface area (Å²) in [5.74, 6) is 0.356. The Morgan fingerprint density at radius 1 is 1.14 bits per heavy atom. The van der Waals surface area contributed by atoms with E-state index < -0.39 is 11.9 Å². The maximum Gasteiger partial charge on any atom is 0.259 e. The summed E-state index contributed by atoms with van der Waals surface area (Å²) in [6.07, 6.45) is 3.07. The fraction of sp³-hybridized carbons (Fsp3) is 0.250. The molecule has 1 aliphatic heterocycles. The van der Waals surface area contributed by atoms with Gasteiger partial charge in [-0.25, -0.2) is 0 Å². The lowest BCUT2D eigenvalue weighted by Crippen LogP contribution is -2.43. The molecule has 0 bridgehead atoms. The van der Waals surface area contributed by atoms with E-state index in [1.807, 2.05) is 24.3 Å². The van der Waals surface area contributed by atoms with Crippen LogP contribution < -0.4 is 5.73 Å². The Morgan fingerprint density at radius 3 is 2.50 bits per heavy atom. The number of likely N-dealkylation sites (tertiary alicyclic amines) is 1. The van der Waals surface area contributed by atoms with Crippen molar-refractivity contribution in [1.82, 2.24) is 20.0 Å². The molecule has 2 aromatic heterocycles. The molecule has 2 N–H and O–H groups in total. The highest BCUT2D eigenvalue weighted by atomic mass is 16.5. The van der Waals surface area contributed by atoms with E-state index in [2.05, 4.69) is 15.1 Å². The van der Waals surface area contributed by atoms with Gasteiger partial charge in [-0.05, 0) is 44.0 Å². The Balaban J connectivity index is 1.51. The summed E-state index contributed by atoms with van der Waals surface area (Å²) in [4.78, 5) is 34.4. The van der Waals surface area contributed by atoms with Gasteiger partial charge in [0.05, 0.1) is 11.3 Å². The molecule has 1 atom stereocenters. The number of amides is 2. The summed E-state index contributed by atoms with van der Waals surface area (Å²) < 4.78 is 5.14. The number of rotatable bonds is 4. The first-order chi connectivity index (χ1) is 13.5. The highest BCUT2D eigenvalue weighted by Crippen LogP contribution is 2.24. The molecule has 8 nitrogen and oxygen atoms in total. The molecule has 0 spiro atoms. The summed E-state index contributed by atoms with van der Waals surface area (Å²) in [5.41, 5.74) is 8.30. The second-order valence-corrected chi connectivity index (χ2v) is 6.72. The highest BCUT2D eigenvalue weighted by molar-refractivity contribution is 5.98. The number of hydrogen-bond acceptors (Lipinski definition) is 6. The van der Waals surface area contributed by atoms with Gasteiger partial charge < -0.3 is 15.2 Å². The number of hydrogen-bond donors (Lipinski definition) is 1. The minimum atomic E-state index is -0.519. The van der Waals surface area contributed by atoms with Crippen LogP contribution in [0.2, 0.25) is 0 Å². The summed E-state index contributed by atoms with van der Waals surface area (Å²) in [7, 11) is 0. The average molecular weight is 377 g/mol. The van der Waals surface area contributed by atoms with E-state index in [9.17, 15) is 9.59 Å².